The van der Waals surface area contributed by atoms with E-state index in [1.54, 1.807) is 12.1 Å². The van der Waals surface area contributed by atoms with Gasteiger partial charge in [-0.3, -0.25) is 20.4 Å². The van der Waals surface area contributed by atoms with Gasteiger partial charge in [0, 0.05) is 23.0 Å². The van der Waals surface area contributed by atoms with Gasteiger partial charge in [0.15, 0.2) is 0 Å². The first-order valence-corrected chi connectivity index (χ1v) is 5.41. The Morgan fingerprint density at radius 1 is 1.17 bits per heavy atom. The molecular formula is C11H10ClN2O4-. The van der Waals surface area contributed by atoms with Gasteiger partial charge in [-0.2, -0.15) is 0 Å². The summed E-state index contributed by atoms with van der Waals surface area (Å²) >= 11 is 5.70. The first-order valence-electron chi connectivity index (χ1n) is 5.03. The number of carbonyl (C=O) groups excluding carboxylic acids is 3. The van der Waals surface area contributed by atoms with Crippen molar-refractivity contribution in [3.8, 4) is 0 Å². The second kappa shape index (κ2) is 6.61. The fraction of sp³-hybridized carbons (Fsp3) is 0.182. The van der Waals surface area contributed by atoms with Crippen LogP contribution in [0.15, 0.2) is 24.3 Å². The molecule has 0 spiro atoms. The van der Waals surface area contributed by atoms with Crippen LogP contribution in [0, 0.1) is 0 Å². The highest BCUT2D eigenvalue weighted by atomic mass is 35.5. The molecule has 0 fully saturated rings. The summed E-state index contributed by atoms with van der Waals surface area (Å²) in [5.41, 5.74) is 4.50. The minimum atomic E-state index is -1.33. The van der Waals surface area contributed by atoms with Gasteiger partial charge in [0.2, 0.25) is 5.91 Å². The van der Waals surface area contributed by atoms with Crippen molar-refractivity contribution in [1.29, 1.82) is 0 Å². The Hall–Kier alpha value is -2.08. The van der Waals surface area contributed by atoms with Crippen molar-refractivity contribution >= 4 is 29.4 Å². The van der Waals surface area contributed by atoms with Crippen LogP contribution < -0.4 is 16.0 Å². The molecule has 0 saturated heterocycles. The van der Waals surface area contributed by atoms with Gasteiger partial charge in [-0.05, 0) is 24.6 Å². The van der Waals surface area contributed by atoms with E-state index in [1.165, 1.54) is 12.1 Å². The Kier molecular flexibility index (Phi) is 5.13. The maximum atomic E-state index is 11.5. The van der Waals surface area contributed by atoms with Crippen LogP contribution in [-0.4, -0.2) is 17.8 Å². The number of hydrogen-bond acceptors (Lipinski definition) is 4. The molecule has 1 rings (SSSR count). The van der Waals surface area contributed by atoms with Crippen molar-refractivity contribution < 1.29 is 19.5 Å². The fourth-order valence-electron chi connectivity index (χ4n) is 1.11. The number of aliphatic carboxylic acids is 1. The topological polar surface area (TPSA) is 98.3 Å². The van der Waals surface area contributed by atoms with E-state index >= 15 is 0 Å². The summed E-state index contributed by atoms with van der Waals surface area (Å²) < 4.78 is 0. The summed E-state index contributed by atoms with van der Waals surface area (Å²) in [5.74, 6) is -2.49. The molecule has 0 radical (unpaired) electrons. The number of nitrogens with one attached hydrogen (secondary N) is 2. The van der Waals surface area contributed by atoms with Gasteiger partial charge in [0.05, 0.1) is 0 Å². The van der Waals surface area contributed by atoms with Crippen molar-refractivity contribution in [2.45, 2.75) is 12.8 Å². The second-order valence-electron chi connectivity index (χ2n) is 3.38. The third-order valence-corrected chi connectivity index (χ3v) is 2.19. The number of hydrazine groups is 1. The van der Waals surface area contributed by atoms with Gasteiger partial charge in [-0.15, -0.1) is 0 Å². The van der Waals surface area contributed by atoms with Gasteiger partial charge in [0.1, 0.15) is 0 Å². The molecule has 0 aliphatic heterocycles. The smallest absolute Gasteiger partial charge is 0.269 e. The molecule has 0 aromatic heterocycles. The Labute approximate surface area is 108 Å². The maximum absolute atomic E-state index is 11.5. The summed E-state index contributed by atoms with van der Waals surface area (Å²) in [7, 11) is 0. The van der Waals surface area contributed by atoms with E-state index in [2.05, 4.69) is 10.9 Å². The van der Waals surface area contributed by atoms with Crippen molar-refractivity contribution in [2.75, 3.05) is 0 Å². The van der Waals surface area contributed by atoms with Crippen LogP contribution in [0.25, 0.3) is 0 Å². The highest BCUT2D eigenvalue weighted by Crippen LogP contribution is 2.09. The minimum Gasteiger partial charge on any atom is -0.550 e. The summed E-state index contributed by atoms with van der Waals surface area (Å²) in [6, 6.07) is 6.16. The molecule has 0 heterocycles. The quantitative estimate of drug-likeness (QED) is 0.729. The Bertz CT molecular complexity index is 476. The molecule has 0 atom stereocenters. The van der Waals surface area contributed by atoms with Crippen LogP contribution in [0.1, 0.15) is 23.2 Å². The lowest BCUT2D eigenvalue weighted by atomic mass is 10.2. The zero-order chi connectivity index (χ0) is 13.5. The summed E-state index contributed by atoms with van der Waals surface area (Å²) in [6.07, 6.45) is -0.670. The molecule has 96 valence electrons. The number of rotatable bonds is 4. The lowest BCUT2D eigenvalue weighted by Gasteiger charge is -2.07. The Morgan fingerprint density at radius 3 is 2.50 bits per heavy atom. The molecular weight excluding hydrogens is 260 g/mol. The molecule has 1 aromatic carbocycles. The van der Waals surface area contributed by atoms with Crippen molar-refractivity contribution in [3.05, 3.63) is 34.9 Å². The predicted molar refractivity (Wildman–Crippen MR) is 61.3 cm³/mol. The Balaban J connectivity index is 2.42. The number of carbonyl (C=O) groups is 3. The molecule has 0 saturated carbocycles. The summed E-state index contributed by atoms with van der Waals surface area (Å²) in [5, 5.41) is 10.5. The van der Waals surface area contributed by atoms with Crippen molar-refractivity contribution in [1.82, 2.24) is 10.9 Å². The SMILES string of the molecule is O=C([O-])CCC(=O)NNC(=O)c1cccc(Cl)c1. The first kappa shape index (κ1) is 14.0. The monoisotopic (exact) mass is 269 g/mol. The number of benzene rings is 1. The number of hydrogen-bond donors (Lipinski definition) is 2. The van der Waals surface area contributed by atoms with Gasteiger partial charge in [-0.1, -0.05) is 17.7 Å². The molecule has 1 aromatic rings. The van der Waals surface area contributed by atoms with Crippen molar-refractivity contribution in [3.63, 3.8) is 0 Å². The molecule has 7 heteroatoms. The van der Waals surface area contributed by atoms with E-state index < -0.39 is 24.2 Å². The average Bonchev–Trinajstić information content (AvgIpc) is 2.33. The van der Waals surface area contributed by atoms with Gasteiger partial charge < -0.3 is 9.90 Å². The third kappa shape index (κ3) is 4.84. The van der Waals surface area contributed by atoms with Crippen LogP contribution in [-0.2, 0) is 9.59 Å². The van der Waals surface area contributed by atoms with Gasteiger partial charge in [-0.25, -0.2) is 0 Å². The number of halogens is 1. The normalized spacial score (nSPS) is 9.61. The second-order valence-corrected chi connectivity index (χ2v) is 3.82. The molecule has 18 heavy (non-hydrogen) atoms. The zero-order valence-electron chi connectivity index (χ0n) is 9.23. The molecule has 0 aliphatic rings. The van der Waals surface area contributed by atoms with Crippen LogP contribution >= 0.6 is 11.6 Å². The van der Waals surface area contributed by atoms with E-state index in [-0.39, 0.29) is 12.0 Å². The van der Waals surface area contributed by atoms with Crippen LogP contribution in [0.5, 0.6) is 0 Å². The van der Waals surface area contributed by atoms with E-state index in [1.807, 2.05) is 0 Å². The fourth-order valence-corrected chi connectivity index (χ4v) is 1.30. The highest BCUT2D eigenvalue weighted by molar-refractivity contribution is 6.30. The summed E-state index contributed by atoms with van der Waals surface area (Å²) in [6.45, 7) is 0. The standard InChI is InChI=1S/C11H11ClN2O4/c12-8-3-1-2-7(6-8)11(18)14-13-9(15)4-5-10(16)17/h1-3,6H,4-5H2,(H,13,15)(H,14,18)(H,16,17)/p-1. The van der Waals surface area contributed by atoms with Gasteiger partial charge >= 0.3 is 0 Å². The molecule has 2 N–H and O–H groups in total. The predicted octanol–water partition coefficient (Wildman–Crippen LogP) is -0.369. The largest absolute Gasteiger partial charge is 0.550 e. The zero-order valence-corrected chi connectivity index (χ0v) is 9.99. The van der Waals surface area contributed by atoms with E-state index in [9.17, 15) is 19.5 Å². The number of carboxylic acid groups (broad SMARTS) is 1. The molecule has 0 aliphatic carbocycles. The third-order valence-electron chi connectivity index (χ3n) is 1.96. The molecule has 6 nitrogen and oxygen atoms in total. The molecule has 0 bridgehead atoms. The van der Waals surface area contributed by atoms with Crippen molar-refractivity contribution in [2.24, 2.45) is 0 Å². The van der Waals surface area contributed by atoms with Crippen LogP contribution in [0.3, 0.4) is 0 Å². The van der Waals surface area contributed by atoms with E-state index in [0.29, 0.717) is 5.02 Å². The number of carboxylic acids is 1. The lowest BCUT2D eigenvalue weighted by Crippen LogP contribution is -2.42. The summed E-state index contributed by atoms with van der Waals surface area (Å²) in [4.78, 5) is 32.7. The Morgan fingerprint density at radius 2 is 1.89 bits per heavy atom. The highest BCUT2D eigenvalue weighted by Gasteiger charge is 2.07. The maximum Gasteiger partial charge on any atom is 0.269 e. The average molecular weight is 270 g/mol. The minimum absolute atomic E-state index is 0.266. The molecule has 2 amide bonds. The van der Waals surface area contributed by atoms with E-state index in [4.69, 9.17) is 11.6 Å². The van der Waals surface area contributed by atoms with Crippen LogP contribution in [0.4, 0.5) is 0 Å². The lowest BCUT2D eigenvalue weighted by molar-refractivity contribution is -0.305. The number of amides is 2. The van der Waals surface area contributed by atoms with Gasteiger partial charge in [0.25, 0.3) is 5.91 Å². The van der Waals surface area contributed by atoms with E-state index in [0.717, 1.165) is 0 Å². The molecule has 0 unspecified atom stereocenters. The first-order chi connectivity index (χ1) is 8.49. The van der Waals surface area contributed by atoms with Crippen LogP contribution in [0.2, 0.25) is 5.02 Å².